The number of hydrogen-bond acceptors (Lipinski definition) is 4. The van der Waals surface area contributed by atoms with Crippen LogP contribution in [0.2, 0.25) is 10.0 Å². The predicted molar refractivity (Wildman–Crippen MR) is 124 cm³/mol. The van der Waals surface area contributed by atoms with E-state index in [0.717, 1.165) is 4.68 Å². The van der Waals surface area contributed by atoms with Gasteiger partial charge < -0.3 is 5.32 Å². The Morgan fingerprint density at radius 1 is 1.12 bits per heavy atom. The molecule has 4 aromatic rings. The first-order valence-electron chi connectivity index (χ1n) is 9.88. The van der Waals surface area contributed by atoms with Gasteiger partial charge in [-0.15, -0.1) is 0 Å². The lowest BCUT2D eigenvalue weighted by atomic mass is 10.1. The third-order valence-electron chi connectivity index (χ3n) is 5.02. The molecule has 2 aromatic heterocycles. The summed E-state index contributed by atoms with van der Waals surface area (Å²) in [4.78, 5) is 26.3. The number of nitrogens with zero attached hydrogens (tertiary/aromatic N) is 4. The fourth-order valence-electron chi connectivity index (χ4n) is 3.25. The van der Waals surface area contributed by atoms with E-state index in [9.17, 15) is 14.0 Å². The molecule has 1 unspecified atom stereocenters. The van der Waals surface area contributed by atoms with Crippen LogP contribution >= 0.6 is 23.2 Å². The van der Waals surface area contributed by atoms with Crippen LogP contribution < -0.4 is 10.9 Å². The molecule has 0 fully saturated rings. The summed E-state index contributed by atoms with van der Waals surface area (Å²) in [6.07, 6.45) is 3.08. The molecule has 168 valence electrons. The van der Waals surface area contributed by atoms with Crippen LogP contribution in [-0.2, 0) is 7.05 Å². The van der Waals surface area contributed by atoms with E-state index >= 15 is 0 Å². The highest BCUT2D eigenvalue weighted by Crippen LogP contribution is 2.22. The zero-order chi connectivity index (χ0) is 23.7. The van der Waals surface area contributed by atoms with Gasteiger partial charge in [0.25, 0.3) is 11.5 Å². The van der Waals surface area contributed by atoms with Gasteiger partial charge in [-0.05, 0) is 42.8 Å². The summed E-state index contributed by atoms with van der Waals surface area (Å²) in [5, 5.41) is 11.8. The maximum absolute atomic E-state index is 13.9. The fraction of sp³-hybridized carbons (Fsp3) is 0.130. The van der Waals surface area contributed by atoms with Gasteiger partial charge in [-0.3, -0.25) is 14.3 Å². The Kier molecular flexibility index (Phi) is 6.31. The number of carbonyl (C=O) groups is 1. The van der Waals surface area contributed by atoms with Crippen LogP contribution in [0.5, 0.6) is 0 Å². The number of rotatable bonds is 5. The molecular weight excluding hydrogens is 468 g/mol. The lowest BCUT2D eigenvalue weighted by Crippen LogP contribution is -2.35. The number of benzene rings is 2. The first-order valence-corrected chi connectivity index (χ1v) is 10.6. The smallest absolute Gasteiger partial charge is 0.284 e. The summed E-state index contributed by atoms with van der Waals surface area (Å²) >= 11 is 11.7. The molecule has 0 radical (unpaired) electrons. The third-order valence-corrected chi connectivity index (χ3v) is 5.58. The fourth-order valence-corrected chi connectivity index (χ4v) is 3.49. The molecule has 10 heteroatoms. The topological polar surface area (TPSA) is 81.8 Å². The van der Waals surface area contributed by atoms with Gasteiger partial charge >= 0.3 is 0 Å². The average molecular weight is 486 g/mol. The second-order valence-electron chi connectivity index (χ2n) is 7.41. The summed E-state index contributed by atoms with van der Waals surface area (Å²) in [6, 6.07) is 12.0. The minimum Gasteiger partial charge on any atom is -0.345 e. The predicted octanol–water partition coefficient (Wildman–Crippen LogP) is 4.57. The third kappa shape index (κ3) is 4.81. The minimum atomic E-state index is -0.627. The molecule has 1 amide bonds. The van der Waals surface area contributed by atoms with Gasteiger partial charge in [-0.1, -0.05) is 41.4 Å². The summed E-state index contributed by atoms with van der Waals surface area (Å²) in [5.74, 6) is -1.22. The Bertz CT molecular complexity index is 1400. The number of aryl methyl sites for hydroxylation is 1. The van der Waals surface area contributed by atoms with Crippen LogP contribution in [0.1, 0.15) is 28.9 Å². The van der Waals surface area contributed by atoms with E-state index in [4.69, 9.17) is 23.2 Å². The van der Waals surface area contributed by atoms with Crippen LogP contribution in [0.3, 0.4) is 0 Å². The van der Waals surface area contributed by atoms with Crippen molar-refractivity contribution in [3.8, 4) is 16.9 Å². The van der Waals surface area contributed by atoms with Gasteiger partial charge in [0.1, 0.15) is 17.1 Å². The summed E-state index contributed by atoms with van der Waals surface area (Å²) in [6.45, 7) is 1.68. The average Bonchev–Trinajstić information content (AvgIpc) is 3.22. The number of amides is 1. The van der Waals surface area contributed by atoms with Crippen molar-refractivity contribution in [1.29, 1.82) is 0 Å². The number of aromatic nitrogens is 4. The molecule has 0 aliphatic rings. The van der Waals surface area contributed by atoms with Crippen molar-refractivity contribution in [3.05, 3.63) is 98.3 Å². The largest absolute Gasteiger partial charge is 0.345 e. The summed E-state index contributed by atoms with van der Waals surface area (Å²) in [5.41, 5.74) is 1.22. The Labute approximate surface area is 198 Å². The highest BCUT2D eigenvalue weighted by Gasteiger charge is 2.20. The molecule has 0 aliphatic carbocycles. The lowest BCUT2D eigenvalue weighted by molar-refractivity contribution is 0.0937. The maximum Gasteiger partial charge on any atom is 0.284 e. The second-order valence-corrected chi connectivity index (χ2v) is 8.25. The zero-order valence-corrected chi connectivity index (χ0v) is 19.1. The van der Waals surface area contributed by atoms with Gasteiger partial charge in [-0.25, -0.2) is 4.39 Å². The molecule has 0 spiro atoms. The van der Waals surface area contributed by atoms with E-state index < -0.39 is 23.3 Å². The second kappa shape index (κ2) is 9.17. The Morgan fingerprint density at radius 3 is 2.48 bits per heavy atom. The van der Waals surface area contributed by atoms with Crippen molar-refractivity contribution in [3.63, 3.8) is 0 Å². The van der Waals surface area contributed by atoms with Crippen LogP contribution in [0, 0.1) is 5.82 Å². The van der Waals surface area contributed by atoms with Gasteiger partial charge in [0.2, 0.25) is 0 Å². The van der Waals surface area contributed by atoms with Crippen LogP contribution in [0.4, 0.5) is 4.39 Å². The quantitative estimate of drug-likeness (QED) is 0.448. The molecule has 1 N–H and O–H groups in total. The van der Waals surface area contributed by atoms with Crippen molar-refractivity contribution < 1.29 is 9.18 Å². The molecule has 33 heavy (non-hydrogen) atoms. The number of hydrogen-bond donors (Lipinski definition) is 1. The maximum atomic E-state index is 13.9. The Morgan fingerprint density at radius 2 is 1.85 bits per heavy atom. The molecule has 1 atom stereocenters. The molecule has 0 aliphatic heterocycles. The SMILES string of the molecule is CC(NC(=O)c1cc(-c2ccc(Cl)cc2)nn(-c2cnn(C)c2)c1=O)c1ccc(Cl)c(F)c1. The molecule has 0 saturated heterocycles. The van der Waals surface area contributed by atoms with Crippen molar-refractivity contribution in [2.24, 2.45) is 7.05 Å². The highest BCUT2D eigenvalue weighted by molar-refractivity contribution is 6.31. The van der Waals surface area contributed by atoms with E-state index in [2.05, 4.69) is 15.5 Å². The van der Waals surface area contributed by atoms with E-state index in [1.165, 1.54) is 29.1 Å². The number of halogens is 3. The lowest BCUT2D eigenvalue weighted by Gasteiger charge is -2.16. The van der Waals surface area contributed by atoms with E-state index in [-0.39, 0.29) is 10.6 Å². The summed E-state index contributed by atoms with van der Waals surface area (Å²) < 4.78 is 16.5. The zero-order valence-electron chi connectivity index (χ0n) is 17.6. The molecular formula is C23H18Cl2FN5O2. The van der Waals surface area contributed by atoms with Crippen molar-refractivity contribution in [2.45, 2.75) is 13.0 Å². The van der Waals surface area contributed by atoms with Crippen LogP contribution in [0.15, 0.2) is 65.7 Å². The van der Waals surface area contributed by atoms with E-state index in [1.807, 2.05) is 0 Å². The van der Waals surface area contributed by atoms with Crippen molar-refractivity contribution in [1.82, 2.24) is 24.9 Å². The van der Waals surface area contributed by atoms with Crippen molar-refractivity contribution in [2.75, 3.05) is 0 Å². The van der Waals surface area contributed by atoms with Crippen molar-refractivity contribution >= 4 is 29.1 Å². The number of nitrogens with one attached hydrogen (secondary N) is 1. The molecule has 2 aromatic carbocycles. The molecule has 0 bridgehead atoms. The van der Waals surface area contributed by atoms with E-state index in [1.54, 1.807) is 50.5 Å². The molecule has 7 nitrogen and oxygen atoms in total. The molecule has 0 saturated carbocycles. The van der Waals surface area contributed by atoms with Gasteiger partial charge in [0.05, 0.1) is 29.2 Å². The van der Waals surface area contributed by atoms with Gasteiger partial charge in [0.15, 0.2) is 0 Å². The van der Waals surface area contributed by atoms with Gasteiger partial charge in [-0.2, -0.15) is 14.9 Å². The molecule has 4 rings (SSSR count). The Hall–Kier alpha value is -3.49. The first-order chi connectivity index (χ1) is 15.7. The standard InChI is InChI=1S/C23H18Cl2FN5O2/c1-13(15-5-8-19(25)20(26)9-15)28-22(32)18-10-21(14-3-6-16(24)7-4-14)29-31(23(18)33)17-11-27-30(2)12-17/h3-13H,1-2H3,(H,28,32). The number of carbonyl (C=O) groups excluding carboxylic acids is 1. The van der Waals surface area contributed by atoms with E-state index in [0.29, 0.717) is 27.5 Å². The van der Waals surface area contributed by atoms with Crippen LogP contribution in [-0.4, -0.2) is 25.5 Å². The van der Waals surface area contributed by atoms with Gasteiger partial charge in [0, 0.05) is 17.6 Å². The summed E-state index contributed by atoms with van der Waals surface area (Å²) in [7, 11) is 1.71. The molecule has 2 heterocycles. The minimum absolute atomic E-state index is 0.0154. The Balaban J connectivity index is 1.76. The van der Waals surface area contributed by atoms with Crippen LogP contribution in [0.25, 0.3) is 16.9 Å². The highest BCUT2D eigenvalue weighted by atomic mass is 35.5. The normalized spacial score (nSPS) is 11.9. The monoisotopic (exact) mass is 485 g/mol. The first kappa shape index (κ1) is 22.7.